The summed E-state index contributed by atoms with van der Waals surface area (Å²) >= 11 is 0. The van der Waals surface area contributed by atoms with Crippen molar-refractivity contribution in [1.82, 2.24) is 15.1 Å². The normalized spacial score (nSPS) is 20.9. The molecule has 0 saturated carbocycles. The van der Waals surface area contributed by atoms with E-state index in [0.717, 1.165) is 25.2 Å². The summed E-state index contributed by atoms with van der Waals surface area (Å²) in [6, 6.07) is 0. The average molecular weight is 208 g/mol. The summed E-state index contributed by atoms with van der Waals surface area (Å²) in [6.45, 7) is 3.71. The molecule has 0 aliphatic carbocycles. The highest BCUT2D eigenvalue weighted by atomic mass is 16.2. The molecule has 1 aliphatic heterocycles. The molecule has 0 unspecified atom stereocenters. The number of aromatic nitrogens is 2. The van der Waals surface area contributed by atoms with Gasteiger partial charge in [-0.05, 0) is 18.9 Å². The van der Waals surface area contributed by atoms with Crippen LogP contribution in [0.15, 0.2) is 6.20 Å². The van der Waals surface area contributed by atoms with E-state index in [4.69, 9.17) is 5.73 Å². The second kappa shape index (κ2) is 4.02. The molecule has 1 amide bonds. The first-order chi connectivity index (χ1) is 7.22. The number of carbonyl (C=O) groups is 1. The third-order valence-electron chi connectivity index (χ3n) is 2.99. The highest BCUT2D eigenvalue weighted by Crippen LogP contribution is 2.27. The second-order valence-corrected chi connectivity index (χ2v) is 4.00. The fourth-order valence-corrected chi connectivity index (χ4v) is 2.12. The second-order valence-electron chi connectivity index (χ2n) is 4.00. The zero-order valence-corrected chi connectivity index (χ0v) is 8.86. The van der Waals surface area contributed by atoms with Gasteiger partial charge in [0.2, 0.25) is 5.91 Å². The van der Waals surface area contributed by atoms with Crippen LogP contribution in [0.4, 0.5) is 0 Å². The van der Waals surface area contributed by atoms with Crippen LogP contribution in [-0.2, 0) is 4.79 Å². The van der Waals surface area contributed by atoms with E-state index in [1.165, 1.54) is 5.56 Å². The van der Waals surface area contributed by atoms with Gasteiger partial charge in [-0.2, -0.15) is 5.10 Å². The van der Waals surface area contributed by atoms with Crippen LogP contribution in [0.2, 0.25) is 0 Å². The van der Waals surface area contributed by atoms with Crippen LogP contribution in [0.3, 0.4) is 0 Å². The minimum Gasteiger partial charge on any atom is -0.341 e. The molecule has 1 aliphatic rings. The molecular weight excluding hydrogens is 192 g/mol. The molecule has 5 heteroatoms. The van der Waals surface area contributed by atoms with Crippen molar-refractivity contribution < 1.29 is 4.79 Å². The van der Waals surface area contributed by atoms with Gasteiger partial charge >= 0.3 is 0 Å². The molecule has 1 aromatic heterocycles. The highest BCUT2D eigenvalue weighted by Gasteiger charge is 2.28. The first-order valence-electron chi connectivity index (χ1n) is 5.20. The predicted molar refractivity (Wildman–Crippen MR) is 56.3 cm³/mol. The maximum Gasteiger partial charge on any atom is 0.236 e. The Morgan fingerprint density at radius 2 is 2.60 bits per heavy atom. The molecule has 2 rings (SSSR count). The molecule has 1 fully saturated rings. The zero-order chi connectivity index (χ0) is 10.8. The zero-order valence-electron chi connectivity index (χ0n) is 8.86. The first-order valence-corrected chi connectivity index (χ1v) is 5.20. The van der Waals surface area contributed by atoms with Crippen molar-refractivity contribution in [2.24, 2.45) is 5.73 Å². The third kappa shape index (κ3) is 1.87. The van der Waals surface area contributed by atoms with Gasteiger partial charge in [0.15, 0.2) is 0 Å². The molecule has 0 aromatic carbocycles. The number of hydrogen-bond donors (Lipinski definition) is 2. The molecule has 1 saturated heterocycles. The Bertz CT molecular complexity index is 360. The number of amides is 1. The Hall–Kier alpha value is -1.36. The monoisotopic (exact) mass is 208 g/mol. The van der Waals surface area contributed by atoms with Gasteiger partial charge in [0.05, 0.1) is 12.7 Å². The van der Waals surface area contributed by atoms with E-state index in [-0.39, 0.29) is 12.5 Å². The van der Waals surface area contributed by atoms with Crippen LogP contribution in [0.1, 0.15) is 23.6 Å². The van der Waals surface area contributed by atoms with Crippen molar-refractivity contribution >= 4 is 5.91 Å². The van der Waals surface area contributed by atoms with Gasteiger partial charge in [0, 0.05) is 24.7 Å². The van der Waals surface area contributed by atoms with Crippen LogP contribution >= 0.6 is 0 Å². The maximum atomic E-state index is 11.4. The number of H-pyrrole nitrogens is 1. The van der Waals surface area contributed by atoms with Gasteiger partial charge in [-0.15, -0.1) is 0 Å². The first kappa shape index (κ1) is 10.2. The smallest absolute Gasteiger partial charge is 0.236 e. The lowest BCUT2D eigenvalue weighted by Crippen LogP contribution is -2.33. The molecule has 1 atom stereocenters. The fraction of sp³-hybridized carbons (Fsp3) is 0.600. The van der Waals surface area contributed by atoms with Crippen LogP contribution in [0.5, 0.6) is 0 Å². The number of likely N-dealkylation sites (tertiary alicyclic amines) is 1. The lowest BCUT2D eigenvalue weighted by molar-refractivity contribution is -0.128. The van der Waals surface area contributed by atoms with E-state index < -0.39 is 0 Å². The van der Waals surface area contributed by atoms with E-state index in [1.54, 1.807) is 0 Å². The van der Waals surface area contributed by atoms with Gasteiger partial charge in [0.25, 0.3) is 0 Å². The number of hydrogen-bond acceptors (Lipinski definition) is 3. The summed E-state index contributed by atoms with van der Waals surface area (Å²) in [5.41, 5.74) is 7.66. The van der Waals surface area contributed by atoms with Crippen molar-refractivity contribution in [1.29, 1.82) is 0 Å². The average Bonchev–Trinajstić information content (AvgIpc) is 2.84. The number of nitrogens with two attached hydrogens (primary N) is 1. The minimum atomic E-state index is 0.0367. The van der Waals surface area contributed by atoms with Gasteiger partial charge in [-0.25, -0.2) is 0 Å². The molecule has 0 radical (unpaired) electrons. The maximum absolute atomic E-state index is 11.4. The van der Waals surface area contributed by atoms with E-state index in [1.807, 2.05) is 18.0 Å². The third-order valence-corrected chi connectivity index (χ3v) is 2.99. The minimum absolute atomic E-state index is 0.0367. The Morgan fingerprint density at radius 1 is 1.80 bits per heavy atom. The standard InChI is InChI=1S/C10H16N4O/c1-7-5-12-13-10(7)8-2-3-14(6-8)9(15)4-11/h5,8H,2-4,6,11H2,1H3,(H,12,13)/t8-/m0/s1. The molecule has 0 spiro atoms. The summed E-state index contributed by atoms with van der Waals surface area (Å²) in [5.74, 6) is 0.428. The molecule has 82 valence electrons. The van der Waals surface area contributed by atoms with E-state index in [0.29, 0.717) is 5.92 Å². The quantitative estimate of drug-likeness (QED) is 0.718. The van der Waals surface area contributed by atoms with Crippen LogP contribution in [0, 0.1) is 6.92 Å². The Kier molecular flexibility index (Phi) is 2.73. The topological polar surface area (TPSA) is 75.0 Å². The van der Waals surface area contributed by atoms with Crippen molar-refractivity contribution in [3.05, 3.63) is 17.5 Å². The Labute approximate surface area is 88.6 Å². The highest BCUT2D eigenvalue weighted by molar-refractivity contribution is 5.78. The molecule has 2 heterocycles. The molecule has 5 nitrogen and oxygen atoms in total. The molecular formula is C10H16N4O. The van der Waals surface area contributed by atoms with Gasteiger partial charge < -0.3 is 10.6 Å². The van der Waals surface area contributed by atoms with Gasteiger partial charge in [0.1, 0.15) is 0 Å². The fourth-order valence-electron chi connectivity index (χ4n) is 2.12. The number of nitrogens with zero attached hydrogens (tertiary/aromatic N) is 2. The summed E-state index contributed by atoms with van der Waals surface area (Å²) in [4.78, 5) is 13.2. The summed E-state index contributed by atoms with van der Waals surface area (Å²) in [7, 11) is 0. The molecule has 0 bridgehead atoms. The van der Waals surface area contributed by atoms with Crippen LogP contribution < -0.4 is 5.73 Å². The van der Waals surface area contributed by atoms with Crippen molar-refractivity contribution in [2.45, 2.75) is 19.3 Å². The predicted octanol–water partition coefficient (Wildman–Crippen LogP) is -0.00728. The van der Waals surface area contributed by atoms with Gasteiger partial charge in [-0.1, -0.05) is 0 Å². The lowest BCUT2D eigenvalue weighted by atomic mass is 10.0. The van der Waals surface area contributed by atoms with Crippen molar-refractivity contribution in [3.8, 4) is 0 Å². The number of nitrogens with one attached hydrogen (secondary N) is 1. The molecule has 1 aromatic rings. The van der Waals surface area contributed by atoms with Crippen molar-refractivity contribution in [3.63, 3.8) is 0 Å². The SMILES string of the molecule is Cc1cn[nH]c1[C@H]1CCN(C(=O)CN)C1. The Balaban J connectivity index is 2.05. The van der Waals surface area contributed by atoms with Gasteiger partial charge in [-0.3, -0.25) is 9.89 Å². The van der Waals surface area contributed by atoms with E-state index in [9.17, 15) is 4.79 Å². The number of carbonyl (C=O) groups excluding carboxylic acids is 1. The van der Waals surface area contributed by atoms with E-state index in [2.05, 4.69) is 10.2 Å². The Morgan fingerprint density at radius 3 is 3.20 bits per heavy atom. The van der Waals surface area contributed by atoms with Crippen LogP contribution in [-0.4, -0.2) is 40.6 Å². The largest absolute Gasteiger partial charge is 0.341 e. The molecule has 3 N–H and O–H groups in total. The summed E-state index contributed by atoms with van der Waals surface area (Å²) in [5, 5.41) is 7.01. The number of aromatic amines is 1. The molecule has 15 heavy (non-hydrogen) atoms. The van der Waals surface area contributed by atoms with Crippen LogP contribution in [0.25, 0.3) is 0 Å². The summed E-state index contributed by atoms with van der Waals surface area (Å²) < 4.78 is 0. The van der Waals surface area contributed by atoms with E-state index >= 15 is 0 Å². The number of rotatable bonds is 2. The number of aryl methyl sites for hydroxylation is 1. The van der Waals surface area contributed by atoms with Crippen molar-refractivity contribution in [2.75, 3.05) is 19.6 Å². The summed E-state index contributed by atoms with van der Waals surface area (Å²) in [6.07, 6.45) is 2.82. The lowest BCUT2D eigenvalue weighted by Gasteiger charge is -2.14.